The summed E-state index contributed by atoms with van der Waals surface area (Å²) in [7, 11) is 0. The van der Waals surface area contributed by atoms with Gasteiger partial charge in [0.2, 0.25) is 0 Å². The van der Waals surface area contributed by atoms with Crippen LogP contribution in [0.3, 0.4) is 0 Å². The molecule has 5 heteroatoms. The second-order valence-electron chi connectivity index (χ2n) is 6.55. The van der Waals surface area contributed by atoms with Crippen molar-refractivity contribution in [3.63, 3.8) is 0 Å². The van der Waals surface area contributed by atoms with Crippen LogP contribution in [0.15, 0.2) is 54.6 Å². The highest BCUT2D eigenvalue weighted by Crippen LogP contribution is 2.10. The number of hydrogen-bond acceptors (Lipinski definition) is 3. The van der Waals surface area contributed by atoms with Crippen LogP contribution in [0.4, 0.5) is 4.79 Å². The lowest BCUT2D eigenvalue weighted by molar-refractivity contribution is 0.0342. The number of nitrogens with one attached hydrogen (secondary N) is 2. The van der Waals surface area contributed by atoms with Crippen LogP contribution in [0.2, 0.25) is 0 Å². The van der Waals surface area contributed by atoms with Crippen molar-refractivity contribution in [2.24, 2.45) is 0 Å². The van der Waals surface area contributed by atoms with Crippen molar-refractivity contribution in [1.82, 2.24) is 15.5 Å². The first-order valence-electron chi connectivity index (χ1n) is 9.23. The monoisotopic (exact) mass is 353 g/mol. The van der Waals surface area contributed by atoms with Gasteiger partial charge in [0.15, 0.2) is 0 Å². The quantitative estimate of drug-likeness (QED) is 0.804. The summed E-state index contributed by atoms with van der Waals surface area (Å²) < 4.78 is 5.39. The Morgan fingerprint density at radius 1 is 0.923 bits per heavy atom. The van der Waals surface area contributed by atoms with Crippen molar-refractivity contribution in [2.45, 2.75) is 19.5 Å². The summed E-state index contributed by atoms with van der Waals surface area (Å²) in [5.41, 5.74) is 3.62. The van der Waals surface area contributed by atoms with Crippen LogP contribution >= 0.6 is 0 Å². The number of morpholine rings is 1. The molecule has 1 heterocycles. The van der Waals surface area contributed by atoms with E-state index in [1.54, 1.807) is 0 Å². The summed E-state index contributed by atoms with van der Waals surface area (Å²) in [4.78, 5) is 14.4. The number of hydrogen-bond donors (Lipinski definition) is 2. The van der Waals surface area contributed by atoms with E-state index in [-0.39, 0.29) is 6.03 Å². The van der Waals surface area contributed by atoms with E-state index in [4.69, 9.17) is 4.74 Å². The molecular weight excluding hydrogens is 326 g/mol. The Hall–Kier alpha value is -2.37. The molecular formula is C21H27N3O2. The number of urea groups is 1. The second-order valence-corrected chi connectivity index (χ2v) is 6.55. The predicted molar refractivity (Wildman–Crippen MR) is 103 cm³/mol. The van der Waals surface area contributed by atoms with E-state index in [1.807, 2.05) is 24.3 Å². The zero-order valence-electron chi connectivity index (χ0n) is 15.1. The molecule has 1 fully saturated rings. The molecule has 2 aromatic rings. The molecule has 0 radical (unpaired) electrons. The third kappa shape index (κ3) is 6.17. The van der Waals surface area contributed by atoms with Crippen molar-refractivity contribution in [1.29, 1.82) is 0 Å². The molecule has 0 aromatic heterocycles. The summed E-state index contributed by atoms with van der Waals surface area (Å²) in [5.74, 6) is 0. The number of carbonyl (C=O) groups is 1. The summed E-state index contributed by atoms with van der Waals surface area (Å²) in [6, 6.07) is 18.4. The number of benzene rings is 2. The van der Waals surface area contributed by atoms with Gasteiger partial charge in [-0.3, -0.25) is 4.90 Å². The fourth-order valence-electron chi connectivity index (χ4n) is 3.07. The Balaban J connectivity index is 1.39. The molecule has 3 rings (SSSR count). The second kappa shape index (κ2) is 9.94. The summed E-state index contributed by atoms with van der Waals surface area (Å²) in [6.45, 7) is 5.68. The molecule has 0 spiro atoms. The smallest absolute Gasteiger partial charge is 0.315 e. The minimum Gasteiger partial charge on any atom is -0.379 e. The van der Waals surface area contributed by atoms with E-state index in [2.05, 4.69) is 45.9 Å². The summed E-state index contributed by atoms with van der Waals surface area (Å²) >= 11 is 0. The molecule has 1 saturated heterocycles. The van der Waals surface area contributed by atoms with Gasteiger partial charge < -0.3 is 15.4 Å². The Morgan fingerprint density at radius 3 is 2.46 bits per heavy atom. The molecule has 138 valence electrons. The topological polar surface area (TPSA) is 53.6 Å². The van der Waals surface area contributed by atoms with Gasteiger partial charge in [-0.15, -0.1) is 0 Å². The lowest BCUT2D eigenvalue weighted by Crippen LogP contribution is -2.36. The molecule has 1 aliphatic rings. The van der Waals surface area contributed by atoms with Gasteiger partial charge in [-0.2, -0.15) is 0 Å². The van der Waals surface area contributed by atoms with Gasteiger partial charge in [0.05, 0.1) is 13.2 Å². The van der Waals surface area contributed by atoms with E-state index in [9.17, 15) is 4.79 Å². The SMILES string of the molecule is O=C(NCCc1ccccc1)NCc1cccc(CN2CCOCC2)c1. The summed E-state index contributed by atoms with van der Waals surface area (Å²) in [6.07, 6.45) is 0.837. The van der Waals surface area contributed by atoms with E-state index >= 15 is 0 Å². The average molecular weight is 353 g/mol. The molecule has 0 atom stereocenters. The van der Waals surface area contributed by atoms with E-state index in [0.29, 0.717) is 13.1 Å². The van der Waals surface area contributed by atoms with Crippen molar-refractivity contribution >= 4 is 6.03 Å². The Kier molecular flexibility index (Phi) is 7.05. The van der Waals surface area contributed by atoms with Gasteiger partial charge in [-0.1, -0.05) is 54.6 Å². The predicted octanol–water partition coefficient (Wildman–Crippen LogP) is 2.56. The van der Waals surface area contributed by atoms with Crippen molar-refractivity contribution < 1.29 is 9.53 Å². The first-order valence-corrected chi connectivity index (χ1v) is 9.23. The third-order valence-electron chi connectivity index (χ3n) is 4.50. The molecule has 0 unspecified atom stereocenters. The van der Waals surface area contributed by atoms with Gasteiger partial charge in [0.25, 0.3) is 0 Å². The molecule has 0 aliphatic carbocycles. The number of carbonyl (C=O) groups excluding carboxylic acids is 1. The van der Waals surface area contributed by atoms with Crippen LogP contribution in [0.5, 0.6) is 0 Å². The van der Waals surface area contributed by atoms with Crippen LogP contribution in [0.1, 0.15) is 16.7 Å². The number of ether oxygens (including phenoxy) is 1. The number of rotatable bonds is 7. The standard InChI is InChI=1S/C21H27N3O2/c25-21(22-10-9-18-5-2-1-3-6-18)23-16-19-7-4-8-20(15-19)17-24-11-13-26-14-12-24/h1-8,15H,9-14,16-17H2,(H2,22,23,25). The molecule has 2 aromatic carbocycles. The first-order chi connectivity index (χ1) is 12.8. The molecule has 0 saturated carbocycles. The van der Waals surface area contributed by atoms with Gasteiger partial charge in [0, 0.05) is 32.7 Å². The minimum absolute atomic E-state index is 0.125. The molecule has 26 heavy (non-hydrogen) atoms. The maximum atomic E-state index is 12.0. The van der Waals surface area contributed by atoms with Gasteiger partial charge in [-0.25, -0.2) is 4.79 Å². The highest BCUT2D eigenvalue weighted by atomic mass is 16.5. The zero-order chi connectivity index (χ0) is 18.0. The number of nitrogens with zero attached hydrogens (tertiary/aromatic N) is 1. The minimum atomic E-state index is -0.125. The van der Waals surface area contributed by atoms with Crippen LogP contribution < -0.4 is 10.6 Å². The Labute approximate surface area is 155 Å². The van der Waals surface area contributed by atoms with Crippen molar-refractivity contribution in [2.75, 3.05) is 32.8 Å². The lowest BCUT2D eigenvalue weighted by Gasteiger charge is -2.26. The van der Waals surface area contributed by atoms with Crippen molar-refractivity contribution in [3.05, 3.63) is 71.3 Å². The van der Waals surface area contributed by atoms with Gasteiger partial charge in [0.1, 0.15) is 0 Å². The van der Waals surface area contributed by atoms with E-state index in [1.165, 1.54) is 11.1 Å². The highest BCUT2D eigenvalue weighted by molar-refractivity contribution is 5.73. The van der Waals surface area contributed by atoms with Crippen molar-refractivity contribution in [3.8, 4) is 0 Å². The lowest BCUT2D eigenvalue weighted by atomic mass is 10.1. The molecule has 5 nitrogen and oxygen atoms in total. The molecule has 0 bridgehead atoms. The van der Waals surface area contributed by atoms with Crippen LogP contribution in [-0.2, 0) is 24.2 Å². The first kappa shape index (κ1) is 18.4. The molecule has 1 aliphatic heterocycles. The van der Waals surface area contributed by atoms with Gasteiger partial charge >= 0.3 is 6.03 Å². The normalized spacial score (nSPS) is 14.8. The fourth-order valence-corrected chi connectivity index (χ4v) is 3.07. The van der Waals surface area contributed by atoms with Gasteiger partial charge in [-0.05, 0) is 23.1 Å². The summed E-state index contributed by atoms with van der Waals surface area (Å²) in [5, 5.41) is 5.84. The Bertz CT molecular complexity index is 685. The zero-order valence-corrected chi connectivity index (χ0v) is 15.1. The maximum absolute atomic E-state index is 12.0. The Morgan fingerprint density at radius 2 is 1.65 bits per heavy atom. The van der Waals surface area contributed by atoms with E-state index in [0.717, 1.165) is 44.8 Å². The molecule has 2 amide bonds. The maximum Gasteiger partial charge on any atom is 0.315 e. The molecule has 2 N–H and O–H groups in total. The van der Waals surface area contributed by atoms with E-state index < -0.39 is 0 Å². The number of amides is 2. The third-order valence-corrected chi connectivity index (χ3v) is 4.50. The average Bonchev–Trinajstić information content (AvgIpc) is 2.68. The highest BCUT2D eigenvalue weighted by Gasteiger charge is 2.10. The fraction of sp³-hybridized carbons (Fsp3) is 0.381. The van der Waals surface area contributed by atoms with Crippen LogP contribution in [0.25, 0.3) is 0 Å². The largest absolute Gasteiger partial charge is 0.379 e. The van der Waals surface area contributed by atoms with Crippen LogP contribution in [-0.4, -0.2) is 43.8 Å². The van der Waals surface area contributed by atoms with Crippen LogP contribution in [0, 0.1) is 0 Å².